The molecule has 0 fully saturated rings. The topological polar surface area (TPSA) is 102 Å². The Hall–Kier alpha value is -2.76. The van der Waals surface area contributed by atoms with E-state index in [2.05, 4.69) is 38.5 Å². The second kappa shape index (κ2) is 7.58. The van der Waals surface area contributed by atoms with Crippen molar-refractivity contribution in [3.8, 4) is 10.4 Å². The van der Waals surface area contributed by atoms with Crippen LogP contribution in [0, 0.1) is 6.92 Å². The van der Waals surface area contributed by atoms with Gasteiger partial charge in [-0.1, -0.05) is 11.8 Å². The minimum atomic E-state index is -0.122. The summed E-state index contributed by atoms with van der Waals surface area (Å²) < 4.78 is 7.00. The van der Waals surface area contributed by atoms with Gasteiger partial charge in [-0.15, -0.1) is 27.8 Å². The average Bonchev–Trinajstić information content (AvgIpc) is 3.48. The number of H-pyrrole nitrogens is 1. The number of nitrogens with zero attached hydrogens (tertiary/aromatic N) is 5. The lowest BCUT2D eigenvalue weighted by Crippen LogP contribution is -2.11. The summed E-state index contributed by atoms with van der Waals surface area (Å²) in [4.78, 5) is 23.3. The van der Waals surface area contributed by atoms with E-state index < -0.39 is 0 Å². The number of thiophene rings is 2. The first-order valence-corrected chi connectivity index (χ1v) is 11.3. The summed E-state index contributed by atoms with van der Waals surface area (Å²) in [5, 5.41) is 15.1. The number of aromatic nitrogens is 6. The van der Waals surface area contributed by atoms with Gasteiger partial charge in [0, 0.05) is 20.7 Å². The lowest BCUT2D eigenvalue weighted by Gasteiger charge is -2.03. The molecule has 5 aromatic heterocycles. The van der Waals surface area contributed by atoms with Crippen LogP contribution in [0.1, 0.15) is 16.5 Å². The number of aromatic amines is 1. The van der Waals surface area contributed by atoms with Crippen molar-refractivity contribution >= 4 is 44.7 Å². The van der Waals surface area contributed by atoms with Crippen LogP contribution >= 0.6 is 34.4 Å². The number of tetrazole rings is 1. The fraction of sp³-hybridized carbons (Fsp3) is 0.167. The molecule has 0 radical (unpaired) electrons. The van der Waals surface area contributed by atoms with Crippen LogP contribution in [0.2, 0.25) is 0 Å². The van der Waals surface area contributed by atoms with Crippen molar-refractivity contribution in [1.29, 1.82) is 0 Å². The van der Waals surface area contributed by atoms with Crippen LogP contribution in [0.3, 0.4) is 0 Å². The molecule has 0 aromatic carbocycles. The molecule has 5 aromatic rings. The largest absolute Gasteiger partial charge is 0.467 e. The first kappa shape index (κ1) is 18.3. The van der Waals surface area contributed by atoms with E-state index in [1.54, 1.807) is 22.3 Å². The van der Waals surface area contributed by atoms with Crippen molar-refractivity contribution in [2.45, 2.75) is 24.4 Å². The molecule has 0 aliphatic heterocycles. The lowest BCUT2D eigenvalue weighted by molar-refractivity contribution is 0.462. The smallest absolute Gasteiger partial charge is 0.260 e. The highest BCUT2D eigenvalue weighted by atomic mass is 32.2. The summed E-state index contributed by atoms with van der Waals surface area (Å²) in [7, 11) is 0. The summed E-state index contributed by atoms with van der Waals surface area (Å²) in [6, 6.07) is 7.79. The van der Waals surface area contributed by atoms with Crippen LogP contribution in [0.5, 0.6) is 0 Å². The molecule has 8 nitrogen and oxygen atoms in total. The molecule has 0 spiro atoms. The maximum atomic E-state index is 12.8. The van der Waals surface area contributed by atoms with E-state index >= 15 is 0 Å². The quantitative estimate of drug-likeness (QED) is 0.397. The Bertz CT molecular complexity index is 1330. The van der Waals surface area contributed by atoms with Gasteiger partial charge in [0.1, 0.15) is 23.0 Å². The highest BCUT2D eigenvalue weighted by molar-refractivity contribution is 7.98. The Morgan fingerprint density at radius 3 is 3.03 bits per heavy atom. The highest BCUT2D eigenvalue weighted by Crippen LogP contribution is 2.35. The molecule has 146 valence electrons. The van der Waals surface area contributed by atoms with Crippen molar-refractivity contribution in [2.75, 3.05) is 0 Å². The molecule has 0 aliphatic rings. The Labute approximate surface area is 176 Å². The Kier molecular flexibility index (Phi) is 4.78. The van der Waals surface area contributed by atoms with Gasteiger partial charge >= 0.3 is 0 Å². The zero-order valence-electron chi connectivity index (χ0n) is 15.2. The standard InChI is InChI=1S/C18H14N6O2S3/c1-10-4-5-13(29-10)12-8-27-17-15(12)16(25)19-14(20-17)9-28-18-21-22-23-24(18)7-11-3-2-6-26-11/h2-6,8H,7,9H2,1H3,(H,19,20,25). The molecule has 0 saturated carbocycles. The van der Waals surface area contributed by atoms with Gasteiger partial charge in [0.25, 0.3) is 5.56 Å². The fourth-order valence-corrected chi connectivity index (χ4v) is 5.57. The fourth-order valence-electron chi connectivity index (χ4n) is 2.90. The van der Waals surface area contributed by atoms with Gasteiger partial charge in [-0.2, -0.15) is 0 Å². The third-order valence-electron chi connectivity index (χ3n) is 4.22. The molecule has 11 heteroatoms. The number of hydrogen-bond acceptors (Lipinski definition) is 9. The Morgan fingerprint density at radius 2 is 2.24 bits per heavy atom. The molecule has 0 saturated heterocycles. The van der Waals surface area contributed by atoms with E-state index in [-0.39, 0.29) is 5.56 Å². The van der Waals surface area contributed by atoms with E-state index in [0.29, 0.717) is 28.7 Å². The SMILES string of the molecule is Cc1ccc(-c2csc3nc(CSc4nnnn4Cc4ccco4)[nH]c(=O)c23)s1. The normalized spacial score (nSPS) is 11.5. The van der Waals surface area contributed by atoms with E-state index in [9.17, 15) is 4.79 Å². The molecule has 29 heavy (non-hydrogen) atoms. The number of nitrogens with one attached hydrogen (secondary N) is 1. The number of furan rings is 1. The molecule has 0 amide bonds. The predicted molar refractivity (Wildman–Crippen MR) is 113 cm³/mol. The van der Waals surface area contributed by atoms with Gasteiger partial charge < -0.3 is 9.40 Å². The predicted octanol–water partition coefficient (Wildman–Crippen LogP) is 3.94. The molecule has 1 N–H and O–H groups in total. The van der Waals surface area contributed by atoms with Gasteiger partial charge in [0.05, 0.1) is 17.4 Å². The van der Waals surface area contributed by atoms with Crippen LogP contribution in [-0.4, -0.2) is 30.2 Å². The van der Waals surface area contributed by atoms with Crippen molar-refractivity contribution in [1.82, 2.24) is 30.2 Å². The number of thioether (sulfide) groups is 1. The number of fused-ring (bicyclic) bond motifs is 1. The number of aryl methyl sites for hydroxylation is 1. The van der Waals surface area contributed by atoms with Gasteiger partial charge in [0.15, 0.2) is 0 Å². The molecule has 0 bridgehead atoms. The lowest BCUT2D eigenvalue weighted by atomic mass is 10.2. The molecular formula is C18H14N6O2S3. The molecule has 5 heterocycles. The Morgan fingerprint density at radius 1 is 1.31 bits per heavy atom. The molecule has 0 aliphatic carbocycles. The number of rotatable bonds is 6. The number of hydrogen-bond donors (Lipinski definition) is 1. The van der Waals surface area contributed by atoms with E-state index in [1.165, 1.54) is 28.0 Å². The molecule has 0 atom stereocenters. The summed E-state index contributed by atoms with van der Waals surface area (Å²) in [5.74, 6) is 1.81. The van der Waals surface area contributed by atoms with Gasteiger partial charge in [-0.25, -0.2) is 9.67 Å². The van der Waals surface area contributed by atoms with Crippen molar-refractivity contribution in [3.05, 3.63) is 62.7 Å². The van der Waals surface area contributed by atoms with Crippen LogP contribution in [0.15, 0.2) is 50.3 Å². The third kappa shape index (κ3) is 3.63. The molecule has 0 unspecified atom stereocenters. The summed E-state index contributed by atoms with van der Waals surface area (Å²) >= 11 is 4.57. The second-order valence-corrected chi connectivity index (χ2v) is 9.33. The van der Waals surface area contributed by atoms with Crippen molar-refractivity contribution < 1.29 is 4.42 Å². The van der Waals surface area contributed by atoms with Crippen LogP contribution < -0.4 is 5.56 Å². The second-order valence-electron chi connectivity index (χ2n) is 6.24. The summed E-state index contributed by atoms with van der Waals surface area (Å²) in [6.07, 6.45) is 1.61. The van der Waals surface area contributed by atoms with E-state index in [0.717, 1.165) is 21.0 Å². The minimum absolute atomic E-state index is 0.122. The minimum Gasteiger partial charge on any atom is -0.467 e. The maximum absolute atomic E-state index is 12.8. The average molecular weight is 443 g/mol. The van der Waals surface area contributed by atoms with Gasteiger partial charge in [0.2, 0.25) is 5.16 Å². The zero-order valence-corrected chi connectivity index (χ0v) is 17.6. The zero-order chi connectivity index (χ0) is 19.8. The van der Waals surface area contributed by atoms with Crippen molar-refractivity contribution in [3.63, 3.8) is 0 Å². The first-order chi connectivity index (χ1) is 14.2. The van der Waals surface area contributed by atoms with E-state index in [4.69, 9.17) is 4.42 Å². The first-order valence-electron chi connectivity index (χ1n) is 8.66. The van der Waals surface area contributed by atoms with Gasteiger partial charge in [-0.3, -0.25) is 4.79 Å². The Balaban J connectivity index is 1.38. The monoisotopic (exact) mass is 442 g/mol. The summed E-state index contributed by atoms with van der Waals surface area (Å²) in [5.41, 5.74) is 0.821. The van der Waals surface area contributed by atoms with Crippen LogP contribution in [0.4, 0.5) is 0 Å². The van der Waals surface area contributed by atoms with Crippen LogP contribution in [0.25, 0.3) is 20.7 Å². The highest BCUT2D eigenvalue weighted by Gasteiger charge is 2.15. The van der Waals surface area contributed by atoms with Crippen LogP contribution in [-0.2, 0) is 12.3 Å². The maximum Gasteiger partial charge on any atom is 0.260 e. The summed E-state index contributed by atoms with van der Waals surface area (Å²) in [6.45, 7) is 2.50. The molecule has 5 rings (SSSR count). The molecular weight excluding hydrogens is 428 g/mol. The third-order valence-corrected chi connectivity index (χ3v) is 7.10. The van der Waals surface area contributed by atoms with E-state index in [1.807, 2.05) is 23.6 Å². The van der Waals surface area contributed by atoms with Gasteiger partial charge in [-0.05, 0) is 41.6 Å². The van der Waals surface area contributed by atoms with Crippen molar-refractivity contribution in [2.24, 2.45) is 0 Å².